The molecule has 3 aromatic rings. The number of thiazole rings is 1. The maximum atomic E-state index is 12.2. The Labute approximate surface area is 131 Å². The van der Waals surface area contributed by atoms with Gasteiger partial charge in [0, 0.05) is 23.3 Å². The Hall–Kier alpha value is -2.73. The lowest BCUT2D eigenvalue weighted by atomic mass is 10.1. The van der Waals surface area contributed by atoms with Crippen molar-refractivity contribution in [2.24, 2.45) is 0 Å². The molecular formula is C16H13N3O2S. The molecule has 0 saturated carbocycles. The van der Waals surface area contributed by atoms with Gasteiger partial charge in [-0.05, 0) is 30.7 Å². The van der Waals surface area contributed by atoms with Gasteiger partial charge in [-0.15, -0.1) is 11.3 Å². The van der Waals surface area contributed by atoms with Crippen molar-refractivity contribution < 1.29 is 9.90 Å². The minimum Gasteiger partial charge on any atom is -0.507 e. The smallest absolute Gasteiger partial charge is 0.261 e. The summed E-state index contributed by atoms with van der Waals surface area (Å²) in [6.45, 7) is 1.75. The van der Waals surface area contributed by atoms with E-state index in [1.807, 2.05) is 17.5 Å². The van der Waals surface area contributed by atoms with E-state index in [2.05, 4.69) is 15.3 Å². The number of nitrogens with zero attached hydrogens (tertiary/aromatic N) is 2. The first-order valence-corrected chi connectivity index (χ1v) is 7.49. The van der Waals surface area contributed by atoms with E-state index in [-0.39, 0.29) is 17.2 Å². The highest BCUT2D eigenvalue weighted by Crippen LogP contribution is 2.26. The molecule has 0 aliphatic carbocycles. The Balaban J connectivity index is 1.81. The molecule has 6 heteroatoms. The van der Waals surface area contributed by atoms with Gasteiger partial charge in [-0.25, -0.2) is 4.98 Å². The molecule has 2 aromatic heterocycles. The molecule has 0 fully saturated rings. The minimum absolute atomic E-state index is 0.0101. The van der Waals surface area contributed by atoms with Gasteiger partial charge in [-0.2, -0.15) is 0 Å². The molecule has 0 bridgehead atoms. The molecule has 2 heterocycles. The molecule has 22 heavy (non-hydrogen) atoms. The number of aromatic hydroxyl groups is 1. The number of nitrogens with one attached hydrogen (secondary N) is 1. The van der Waals surface area contributed by atoms with Crippen LogP contribution in [0.1, 0.15) is 15.9 Å². The van der Waals surface area contributed by atoms with Crippen molar-refractivity contribution in [3.63, 3.8) is 0 Å². The number of para-hydroxylation sites is 1. The summed E-state index contributed by atoms with van der Waals surface area (Å²) in [4.78, 5) is 20.6. The highest BCUT2D eigenvalue weighted by Gasteiger charge is 2.14. The van der Waals surface area contributed by atoms with Gasteiger partial charge in [0.1, 0.15) is 5.75 Å². The molecule has 5 nitrogen and oxygen atoms in total. The SMILES string of the molecule is Cc1cccc(C(=O)Nc2nc(-c3cccnc3)cs2)c1O. The van der Waals surface area contributed by atoms with Crippen LogP contribution in [0, 0.1) is 6.92 Å². The fourth-order valence-corrected chi connectivity index (χ4v) is 2.70. The van der Waals surface area contributed by atoms with Crippen LogP contribution in [0.2, 0.25) is 0 Å². The third-order valence-electron chi connectivity index (χ3n) is 3.16. The number of phenolic OH excluding ortho intramolecular Hbond substituents is 1. The number of carbonyl (C=O) groups excluding carboxylic acids is 1. The number of anilines is 1. The zero-order valence-corrected chi connectivity index (χ0v) is 12.6. The number of pyridine rings is 1. The minimum atomic E-state index is -0.381. The molecule has 0 saturated heterocycles. The number of rotatable bonds is 3. The number of aromatic nitrogens is 2. The van der Waals surface area contributed by atoms with Crippen LogP contribution in [-0.4, -0.2) is 21.0 Å². The van der Waals surface area contributed by atoms with Crippen molar-refractivity contribution >= 4 is 22.4 Å². The van der Waals surface area contributed by atoms with Crippen LogP contribution < -0.4 is 5.32 Å². The third-order valence-corrected chi connectivity index (χ3v) is 3.92. The average Bonchev–Trinajstić information content (AvgIpc) is 2.99. The fourth-order valence-electron chi connectivity index (χ4n) is 1.98. The molecule has 3 rings (SSSR count). The van der Waals surface area contributed by atoms with Gasteiger partial charge in [0.2, 0.25) is 0 Å². The molecule has 0 radical (unpaired) electrons. The maximum absolute atomic E-state index is 12.2. The predicted octanol–water partition coefficient (Wildman–Crippen LogP) is 3.47. The summed E-state index contributed by atoms with van der Waals surface area (Å²) in [6, 6.07) is 8.79. The van der Waals surface area contributed by atoms with Crippen molar-refractivity contribution in [1.29, 1.82) is 0 Å². The van der Waals surface area contributed by atoms with Crippen LogP contribution in [0.25, 0.3) is 11.3 Å². The lowest BCUT2D eigenvalue weighted by Crippen LogP contribution is -2.12. The normalized spacial score (nSPS) is 10.4. The van der Waals surface area contributed by atoms with E-state index in [1.165, 1.54) is 11.3 Å². The second-order valence-electron chi connectivity index (χ2n) is 4.70. The van der Waals surface area contributed by atoms with Crippen molar-refractivity contribution in [2.45, 2.75) is 6.92 Å². The van der Waals surface area contributed by atoms with E-state index in [0.717, 1.165) is 11.3 Å². The topological polar surface area (TPSA) is 75.1 Å². The first kappa shape index (κ1) is 14.2. The van der Waals surface area contributed by atoms with Gasteiger partial charge in [0.05, 0.1) is 11.3 Å². The molecule has 0 spiro atoms. The van der Waals surface area contributed by atoms with Gasteiger partial charge in [0.25, 0.3) is 5.91 Å². The molecular weight excluding hydrogens is 298 g/mol. The van der Waals surface area contributed by atoms with E-state index in [0.29, 0.717) is 10.7 Å². The summed E-state index contributed by atoms with van der Waals surface area (Å²) >= 11 is 1.32. The summed E-state index contributed by atoms with van der Waals surface area (Å²) in [7, 11) is 0. The molecule has 2 N–H and O–H groups in total. The highest BCUT2D eigenvalue weighted by atomic mass is 32.1. The lowest BCUT2D eigenvalue weighted by molar-refractivity contribution is 0.102. The summed E-state index contributed by atoms with van der Waals surface area (Å²) in [5.74, 6) is -0.391. The molecule has 0 unspecified atom stereocenters. The molecule has 1 amide bonds. The summed E-state index contributed by atoms with van der Waals surface area (Å²) in [5, 5.41) is 15.0. The summed E-state index contributed by atoms with van der Waals surface area (Å²) in [5.41, 5.74) is 2.53. The average molecular weight is 311 g/mol. The first-order valence-electron chi connectivity index (χ1n) is 6.61. The second-order valence-corrected chi connectivity index (χ2v) is 5.56. The monoisotopic (exact) mass is 311 g/mol. The van der Waals surface area contributed by atoms with Gasteiger partial charge in [-0.3, -0.25) is 15.1 Å². The lowest BCUT2D eigenvalue weighted by Gasteiger charge is -2.06. The van der Waals surface area contributed by atoms with E-state index in [4.69, 9.17) is 0 Å². The van der Waals surface area contributed by atoms with Gasteiger partial charge in [0.15, 0.2) is 5.13 Å². The molecule has 0 atom stereocenters. The number of aryl methyl sites for hydroxylation is 1. The van der Waals surface area contributed by atoms with Crippen molar-refractivity contribution in [1.82, 2.24) is 9.97 Å². The third kappa shape index (κ3) is 2.82. The zero-order chi connectivity index (χ0) is 15.5. The Morgan fingerprint density at radius 2 is 2.14 bits per heavy atom. The van der Waals surface area contributed by atoms with Crippen LogP contribution in [0.15, 0.2) is 48.1 Å². The van der Waals surface area contributed by atoms with Crippen molar-refractivity contribution in [3.05, 3.63) is 59.2 Å². The van der Waals surface area contributed by atoms with Crippen molar-refractivity contribution in [2.75, 3.05) is 5.32 Å². The number of carbonyl (C=O) groups is 1. The quantitative estimate of drug-likeness (QED) is 0.776. The number of hydrogen-bond acceptors (Lipinski definition) is 5. The number of amides is 1. The number of phenols is 1. The van der Waals surface area contributed by atoms with Crippen LogP contribution in [0.4, 0.5) is 5.13 Å². The highest BCUT2D eigenvalue weighted by molar-refractivity contribution is 7.14. The van der Waals surface area contributed by atoms with E-state index >= 15 is 0 Å². The van der Waals surface area contributed by atoms with Crippen molar-refractivity contribution in [3.8, 4) is 17.0 Å². The number of benzene rings is 1. The van der Waals surface area contributed by atoms with Gasteiger partial charge < -0.3 is 5.11 Å². The van der Waals surface area contributed by atoms with Crippen LogP contribution in [0.5, 0.6) is 5.75 Å². The zero-order valence-electron chi connectivity index (χ0n) is 11.8. The Kier molecular flexibility index (Phi) is 3.84. The first-order chi connectivity index (χ1) is 10.6. The predicted molar refractivity (Wildman–Crippen MR) is 86.1 cm³/mol. The Morgan fingerprint density at radius 3 is 2.91 bits per heavy atom. The van der Waals surface area contributed by atoms with Gasteiger partial charge in [-0.1, -0.05) is 12.1 Å². The van der Waals surface area contributed by atoms with Crippen LogP contribution >= 0.6 is 11.3 Å². The maximum Gasteiger partial charge on any atom is 0.261 e. The molecule has 110 valence electrons. The van der Waals surface area contributed by atoms with Crippen LogP contribution in [-0.2, 0) is 0 Å². The standard InChI is InChI=1S/C16H13N3O2S/c1-10-4-2-6-12(14(10)20)15(21)19-16-18-13(9-22-16)11-5-3-7-17-8-11/h2-9,20H,1H3,(H,18,19,21). The second kappa shape index (κ2) is 5.95. The number of hydrogen-bond donors (Lipinski definition) is 2. The largest absolute Gasteiger partial charge is 0.507 e. The van der Waals surface area contributed by atoms with E-state index in [9.17, 15) is 9.90 Å². The van der Waals surface area contributed by atoms with E-state index in [1.54, 1.807) is 37.5 Å². The molecule has 0 aliphatic heterocycles. The summed E-state index contributed by atoms with van der Waals surface area (Å²) in [6.07, 6.45) is 3.41. The van der Waals surface area contributed by atoms with Gasteiger partial charge >= 0.3 is 0 Å². The Morgan fingerprint density at radius 1 is 1.27 bits per heavy atom. The molecule has 0 aliphatic rings. The summed E-state index contributed by atoms with van der Waals surface area (Å²) < 4.78 is 0. The van der Waals surface area contributed by atoms with E-state index < -0.39 is 0 Å². The fraction of sp³-hybridized carbons (Fsp3) is 0.0625. The Bertz CT molecular complexity index is 815. The van der Waals surface area contributed by atoms with Crippen LogP contribution in [0.3, 0.4) is 0 Å². The molecule has 1 aromatic carbocycles.